The Balaban J connectivity index is 2.32. The van der Waals surface area contributed by atoms with Crippen molar-refractivity contribution in [3.05, 3.63) is 16.8 Å². The number of aliphatic hydroxyl groups excluding tert-OH is 3. The molecule has 5 N–H and O–H groups in total. The van der Waals surface area contributed by atoms with Crippen LogP contribution in [0.2, 0.25) is 0 Å². The lowest BCUT2D eigenvalue weighted by molar-refractivity contribution is -0.0554. The van der Waals surface area contributed by atoms with Gasteiger partial charge in [0.2, 0.25) is 5.95 Å². The molecular formula is C8H12N4O5. The van der Waals surface area contributed by atoms with E-state index in [0.29, 0.717) is 0 Å². The second kappa shape index (κ2) is 4.37. The number of hydrogen-bond donors (Lipinski definition) is 4. The third-order valence-corrected chi connectivity index (χ3v) is 2.54. The maximum absolute atomic E-state index is 11.5. The quantitative estimate of drug-likeness (QED) is 0.402. The summed E-state index contributed by atoms with van der Waals surface area (Å²) in [6.45, 7) is -0.473. The minimum atomic E-state index is -1.35. The van der Waals surface area contributed by atoms with E-state index in [9.17, 15) is 15.0 Å². The molecule has 0 radical (unpaired) electrons. The summed E-state index contributed by atoms with van der Waals surface area (Å²) in [4.78, 5) is 18.4. The van der Waals surface area contributed by atoms with Crippen LogP contribution < -0.4 is 11.4 Å². The molecular weight excluding hydrogens is 237 g/mol. The Labute approximate surface area is 95.1 Å². The van der Waals surface area contributed by atoms with Gasteiger partial charge in [0.05, 0.1) is 6.61 Å². The molecule has 9 nitrogen and oxygen atoms in total. The summed E-state index contributed by atoms with van der Waals surface area (Å²) in [5, 5.41) is 28.1. The zero-order valence-electron chi connectivity index (χ0n) is 8.67. The molecule has 0 aromatic carbocycles. The number of aromatic nitrogens is 3. The van der Waals surface area contributed by atoms with Gasteiger partial charge in [0, 0.05) is 0 Å². The van der Waals surface area contributed by atoms with Crippen molar-refractivity contribution in [3.8, 4) is 0 Å². The highest BCUT2D eigenvalue weighted by Crippen LogP contribution is 2.27. The van der Waals surface area contributed by atoms with E-state index in [0.717, 1.165) is 10.9 Å². The van der Waals surface area contributed by atoms with Crippen molar-refractivity contribution in [1.82, 2.24) is 14.5 Å². The fourth-order valence-corrected chi connectivity index (χ4v) is 1.64. The predicted molar refractivity (Wildman–Crippen MR) is 53.7 cm³/mol. The molecule has 0 saturated carbocycles. The van der Waals surface area contributed by atoms with E-state index in [4.69, 9.17) is 15.6 Å². The molecule has 0 spiro atoms. The lowest BCUT2D eigenvalue weighted by Crippen LogP contribution is -2.36. The van der Waals surface area contributed by atoms with Crippen LogP contribution in [0.25, 0.3) is 0 Å². The van der Waals surface area contributed by atoms with Gasteiger partial charge in [-0.05, 0) is 0 Å². The van der Waals surface area contributed by atoms with Gasteiger partial charge in [-0.1, -0.05) is 0 Å². The van der Waals surface area contributed by atoms with Crippen LogP contribution in [0.4, 0.5) is 5.95 Å². The van der Waals surface area contributed by atoms with Gasteiger partial charge in [0.15, 0.2) is 6.23 Å². The standard InChI is InChI=1S/C8H12N4O5/c9-7-10-2-12(8(16)11-7)6-5(15)4(14)3(1-13)17-6/h2-6,13-15H,1H2,(H2,9,11,16)/t3-,4-,5-,6-/m1/s1/i1+1,3+1,4+1,5+1,6+1. The third kappa shape index (κ3) is 2.00. The number of ether oxygens (including phenoxy) is 1. The molecule has 0 amide bonds. The van der Waals surface area contributed by atoms with Crippen LogP contribution in [0.3, 0.4) is 0 Å². The second-order valence-corrected chi connectivity index (χ2v) is 3.63. The van der Waals surface area contributed by atoms with Gasteiger partial charge in [-0.15, -0.1) is 0 Å². The van der Waals surface area contributed by atoms with Crippen LogP contribution in [0.1, 0.15) is 6.23 Å². The van der Waals surface area contributed by atoms with Gasteiger partial charge in [-0.3, -0.25) is 4.57 Å². The van der Waals surface area contributed by atoms with Gasteiger partial charge in [-0.2, -0.15) is 4.98 Å². The first-order valence-corrected chi connectivity index (χ1v) is 4.87. The van der Waals surface area contributed by atoms with E-state index in [1.165, 1.54) is 0 Å². The molecule has 2 heterocycles. The summed E-state index contributed by atoms with van der Waals surface area (Å²) in [5.74, 6) is -0.196. The Morgan fingerprint density at radius 1 is 1.47 bits per heavy atom. The largest absolute Gasteiger partial charge is 0.394 e. The SMILES string of the molecule is Nc1ncn([13C@@H]2O[13C@H]([13CH2]O)[13C@@H](O)[13C@H]2O)c(=O)n1. The van der Waals surface area contributed by atoms with Crippen molar-refractivity contribution < 1.29 is 20.1 Å². The Kier molecular flexibility index (Phi) is 3.07. The highest BCUT2D eigenvalue weighted by Gasteiger charge is 2.43. The highest BCUT2D eigenvalue weighted by molar-refractivity contribution is 5.10. The number of rotatable bonds is 2. The monoisotopic (exact) mass is 249 g/mol. The molecule has 2 rings (SSSR count). The van der Waals surface area contributed by atoms with Crippen LogP contribution in [0.5, 0.6) is 0 Å². The van der Waals surface area contributed by atoms with Gasteiger partial charge in [-0.25, -0.2) is 9.78 Å². The zero-order valence-corrected chi connectivity index (χ0v) is 8.67. The van der Waals surface area contributed by atoms with E-state index in [-0.39, 0.29) is 5.95 Å². The van der Waals surface area contributed by atoms with Gasteiger partial charge in [0.25, 0.3) is 0 Å². The Hall–Kier alpha value is -1.55. The summed E-state index contributed by atoms with van der Waals surface area (Å²) >= 11 is 0. The number of anilines is 1. The number of aliphatic hydroxyl groups is 3. The number of hydrogen-bond acceptors (Lipinski definition) is 8. The third-order valence-electron chi connectivity index (χ3n) is 2.54. The summed E-state index contributed by atoms with van der Waals surface area (Å²) in [5.41, 5.74) is 4.46. The fraction of sp³-hybridized carbons (Fsp3) is 0.625. The van der Waals surface area contributed by atoms with Crippen LogP contribution in [-0.4, -0.2) is 54.8 Å². The molecule has 0 aliphatic carbocycles. The summed E-state index contributed by atoms with van der Waals surface area (Å²) < 4.78 is 6.04. The van der Waals surface area contributed by atoms with Crippen molar-refractivity contribution in [1.29, 1.82) is 0 Å². The molecule has 1 aliphatic heterocycles. The minimum Gasteiger partial charge on any atom is -0.394 e. The Morgan fingerprint density at radius 2 is 2.18 bits per heavy atom. The lowest BCUT2D eigenvalue weighted by atomic mass is 10.9. The van der Waals surface area contributed by atoms with E-state index in [1.807, 2.05) is 0 Å². The summed E-state index contributed by atoms with van der Waals surface area (Å²) in [6.07, 6.45) is -3.67. The smallest absolute Gasteiger partial charge is 0.354 e. The maximum atomic E-state index is 11.5. The topological polar surface area (TPSA) is 144 Å². The first-order chi connectivity index (χ1) is 8.04. The Morgan fingerprint density at radius 3 is 2.71 bits per heavy atom. The van der Waals surface area contributed by atoms with Crippen molar-refractivity contribution in [2.45, 2.75) is 24.5 Å². The minimum absolute atomic E-state index is 0.196. The molecule has 1 saturated heterocycles. The molecule has 17 heavy (non-hydrogen) atoms. The van der Waals surface area contributed by atoms with Gasteiger partial charge in [0.1, 0.15) is 24.6 Å². The summed E-state index contributed by atoms with van der Waals surface area (Å²) in [6, 6.07) is 0. The van der Waals surface area contributed by atoms with Crippen LogP contribution in [0.15, 0.2) is 11.1 Å². The first-order valence-electron chi connectivity index (χ1n) is 4.87. The second-order valence-electron chi connectivity index (χ2n) is 3.63. The molecule has 1 aromatic heterocycles. The summed E-state index contributed by atoms with van der Waals surface area (Å²) in [7, 11) is 0. The van der Waals surface area contributed by atoms with Crippen LogP contribution in [0, 0.1) is 0 Å². The zero-order chi connectivity index (χ0) is 12.6. The molecule has 9 heteroatoms. The van der Waals surface area contributed by atoms with Gasteiger partial charge < -0.3 is 25.8 Å². The number of nitrogen functional groups attached to an aromatic ring is 1. The van der Waals surface area contributed by atoms with Crippen molar-refractivity contribution in [2.24, 2.45) is 0 Å². The molecule has 0 unspecified atom stereocenters. The van der Waals surface area contributed by atoms with Crippen LogP contribution in [-0.2, 0) is 4.74 Å². The lowest BCUT2D eigenvalue weighted by Gasteiger charge is -2.16. The van der Waals surface area contributed by atoms with E-state index in [2.05, 4.69) is 9.97 Å². The van der Waals surface area contributed by atoms with Crippen molar-refractivity contribution >= 4 is 5.95 Å². The van der Waals surface area contributed by atoms with Gasteiger partial charge >= 0.3 is 5.69 Å². The normalized spacial score (nSPS) is 32.9. The molecule has 1 aromatic rings. The average molecular weight is 249 g/mol. The number of nitrogens with zero attached hydrogens (tertiary/aromatic N) is 3. The molecule has 1 aliphatic rings. The molecule has 94 valence electrons. The van der Waals surface area contributed by atoms with Crippen LogP contribution >= 0.6 is 0 Å². The maximum Gasteiger partial charge on any atom is 0.354 e. The first kappa shape index (κ1) is 11.9. The van der Waals surface area contributed by atoms with E-state index < -0.39 is 36.8 Å². The Bertz CT molecular complexity index is 463. The predicted octanol–water partition coefficient (Wildman–Crippen LogP) is -3.17. The van der Waals surface area contributed by atoms with E-state index in [1.54, 1.807) is 0 Å². The molecule has 1 fully saturated rings. The molecule has 4 atom stereocenters. The number of nitrogens with two attached hydrogens (primary N) is 1. The fourth-order valence-electron chi connectivity index (χ4n) is 1.64. The van der Waals surface area contributed by atoms with Crippen molar-refractivity contribution in [2.75, 3.05) is 12.3 Å². The van der Waals surface area contributed by atoms with E-state index >= 15 is 0 Å². The highest BCUT2D eigenvalue weighted by atomic mass is 16.8. The molecule has 0 bridgehead atoms. The van der Waals surface area contributed by atoms with Crippen molar-refractivity contribution in [3.63, 3.8) is 0 Å². The average Bonchev–Trinajstić information content (AvgIpc) is 2.57.